The lowest BCUT2D eigenvalue weighted by molar-refractivity contribution is -0.131. The fourth-order valence-corrected chi connectivity index (χ4v) is 3.70. The molecule has 0 radical (unpaired) electrons. The molecule has 0 aliphatic rings. The van der Waals surface area contributed by atoms with E-state index >= 15 is 0 Å². The molecule has 0 fully saturated rings. The molecule has 142 valence electrons. The molecule has 0 aliphatic heterocycles. The quantitative estimate of drug-likeness (QED) is 0.625. The zero-order valence-corrected chi connectivity index (χ0v) is 16.3. The van der Waals surface area contributed by atoms with Crippen molar-refractivity contribution in [1.29, 1.82) is 5.26 Å². The van der Waals surface area contributed by atoms with E-state index in [1.54, 1.807) is 12.1 Å². The van der Waals surface area contributed by atoms with E-state index in [1.807, 2.05) is 36.6 Å². The first-order valence-corrected chi connectivity index (χ1v) is 9.42. The third-order valence-corrected chi connectivity index (χ3v) is 5.02. The van der Waals surface area contributed by atoms with Gasteiger partial charge in [-0.15, -0.1) is 0 Å². The van der Waals surface area contributed by atoms with Crippen molar-refractivity contribution < 1.29 is 9.90 Å². The van der Waals surface area contributed by atoms with Crippen molar-refractivity contribution in [3.63, 3.8) is 0 Å². The monoisotopic (exact) mass is 373 g/mol. The fraction of sp³-hybridized carbons (Fsp3) is 0.261. The van der Waals surface area contributed by atoms with Crippen molar-refractivity contribution in [2.75, 3.05) is 0 Å². The third-order valence-electron chi connectivity index (χ3n) is 5.02. The van der Waals surface area contributed by atoms with Crippen LogP contribution in [0.25, 0.3) is 16.6 Å². The Balaban J connectivity index is 2.38. The van der Waals surface area contributed by atoms with Crippen LogP contribution in [0.4, 0.5) is 0 Å². The topological polar surface area (TPSA) is 78.4 Å². The molecule has 0 saturated heterocycles. The van der Waals surface area contributed by atoms with Crippen LogP contribution in [-0.4, -0.2) is 20.7 Å². The number of aryl methyl sites for hydroxylation is 2. The van der Waals surface area contributed by atoms with E-state index in [0.29, 0.717) is 5.56 Å². The lowest BCUT2D eigenvalue weighted by Crippen LogP contribution is -2.09. The van der Waals surface area contributed by atoms with Crippen LogP contribution in [0.1, 0.15) is 48.7 Å². The summed E-state index contributed by atoms with van der Waals surface area (Å²) in [7, 11) is 0. The van der Waals surface area contributed by atoms with E-state index in [1.165, 1.54) is 6.08 Å². The van der Waals surface area contributed by atoms with E-state index in [4.69, 9.17) is 10.2 Å². The molecular formula is C23H23N3O2. The average Bonchev–Trinajstić information content (AvgIpc) is 3.10. The first-order chi connectivity index (χ1) is 13.5. The minimum absolute atomic E-state index is 0.0886. The number of carbonyl (C=O) groups is 1. The maximum Gasteiger partial charge on any atom is 0.327 e. The van der Waals surface area contributed by atoms with Gasteiger partial charge in [0.2, 0.25) is 0 Å². The van der Waals surface area contributed by atoms with Gasteiger partial charge in [-0.05, 0) is 55.2 Å². The van der Waals surface area contributed by atoms with Crippen molar-refractivity contribution in [3.05, 3.63) is 71.1 Å². The van der Waals surface area contributed by atoms with Gasteiger partial charge in [0.1, 0.15) is 0 Å². The number of hydrogen-bond acceptors (Lipinski definition) is 3. The van der Waals surface area contributed by atoms with Gasteiger partial charge in [0.15, 0.2) is 0 Å². The number of carboxylic acids is 1. The zero-order valence-electron chi connectivity index (χ0n) is 16.3. The van der Waals surface area contributed by atoms with Gasteiger partial charge in [-0.1, -0.05) is 32.1 Å². The van der Waals surface area contributed by atoms with Gasteiger partial charge in [-0.2, -0.15) is 10.4 Å². The average molecular weight is 373 g/mol. The van der Waals surface area contributed by atoms with Crippen LogP contribution in [0.5, 0.6) is 0 Å². The first-order valence-electron chi connectivity index (χ1n) is 9.42. The summed E-state index contributed by atoms with van der Waals surface area (Å²) in [6, 6.07) is 13.9. The van der Waals surface area contributed by atoms with E-state index in [2.05, 4.69) is 25.1 Å². The number of allylic oxidation sites excluding steroid dienone is 1. The second-order valence-corrected chi connectivity index (χ2v) is 6.75. The fourth-order valence-electron chi connectivity index (χ4n) is 3.70. The third kappa shape index (κ3) is 3.54. The molecule has 1 aromatic carbocycles. The maximum atomic E-state index is 11.1. The molecule has 2 aromatic heterocycles. The molecule has 0 amide bonds. The summed E-state index contributed by atoms with van der Waals surface area (Å²) in [5, 5.41) is 23.2. The number of aliphatic carboxylic acids is 1. The van der Waals surface area contributed by atoms with Gasteiger partial charge in [0, 0.05) is 23.3 Å². The molecule has 3 aromatic rings. The molecule has 1 N–H and O–H groups in total. The molecular weight excluding hydrogens is 350 g/mol. The van der Waals surface area contributed by atoms with Gasteiger partial charge < -0.3 is 5.11 Å². The van der Waals surface area contributed by atoms with Crippen LogP contribution < -0.4 is 0 Å². The summed E-state index contributed by atoms with van der Waals surface area (Å²) < 4.78 is 1.96. The first kappa shape index (κ1) is 19.4. The molecule has 2 heterocycles. The highest BCUT2D eigenvalue weighted by Gasteiger charge is 2.21. The molecule has 0 saturated carbocycles. The lowest BCUT2D eigenvalue weighted by atomic mass is 9.87. The number of benzene rings is 1. The smallest absolute Gasteiger partial charge is 0.327 e. The normalized spacial score (nSPS) is 12.4. The molecule has 0 aliphatic carbocycles. The van der Waals surface area contributed by atoms with Crippen LogP contribution >= 0.6 is 0 Å². The highest BCUT2D eigenvalue weighted by molar-refractivity contribution is 5.85. The minimum atomic E-state index is -0.964. The summed E-state index contributed by atoms with van der Waals surface area (Å²) in [6.45, 7) is 6.09. The minimum Gasteiger partial charge on any atom is -0.478 e. The maximum absolute atomic E-state index is 11.1. The highest BCUT2D eigenvalue weighted by Crippen LogP contribution is 2.37. The second kappa shape index (κ2) is 8.10. The van der Waals surface area contributed by atoms with Gasteiger partial charge in [-0.25, -0.2) is 9.31 Å². The van der Waals surface area contributed by atoms with Gasteiger partial charge in [0.25, 0.3) is 0 Å². The zero-order chi connectivity index (χ0) is 20.3. The molecule has 5 nitrogen and oxygen atoms in total. The van der Waals surface area contributed by atoms with Crippen molar-refractivity contribution >= 4 is 11.5 Å². The molecule has 0 bridgehead atoms. The van der Waals surface area contributed by atoms with Gasteiger partial charge in [-0.3, -0.25) is 0 Å². The van der Waals surface area contributed by atoms with Crippen LogP contribution in [0, 0.1) is 18.3 Å². The van der Waals surface area contributed by atoms with Crippen molar-refractivity contribution in [3.8, 4) is 17.2 Å². The number of aromatic nitrogens is 2. The van der Waals surface area contributed by atoms with Crippen LogP contribution in [0.15, 0.2) is 48.6 Å². The molecule has 3 rings (SSSR count). The Kier molecular flexibility index (Phi) is 5.60. The van der Waals surface area contributed by atoms with Gasteiger partial charge >= 0.3 is 5.97 Å². The van der Waals surface area contributed by atoms with Crippen LogP contribution in [0.2, 0.25) is 0 Å². The molecule has 5 heteroatoms. The number of rotatable bonds is 6. The summed E-state index contributed by atoms with van der Waals surface area (Å²) in [4.78, 5) is 11.1. The number of carboxylic acid groups (broad SMARTS) is 1. The summed E-state index contributed by atoms with van der Waals surface area (Å²) in [5.74, 6) is -1.05. The lowest BCUT2D eigenvalue weighted by Gasteiger charge is -2.20. The Morgan fingerprint density at radius 2 is 2.11 bits per heavy atom. The Labute approximate surface area is 164 Å². The van der Waals surface area contributed by atoms with E-state index in [-0.39, 0.29) is 5.92 Å². The molecule has 0 spiro atoms. The number of hydrogen-bond donors (Lipinski definition) is 1. The summed E-state index contributed by atoms with van der Waals surface area (Å²) >= 11 is 0. The molecule has 1 atom stereocenters. The van der Waals surface area contributed by atoms with E-state index in [9.17, 15) is 10.1 Å². The SMILES string of the molecule is CCc1ccc2c(-c3cccc(C#N)c3)c(C(/C=C/C(=O)O)CC)c(C)nn12. The Morgan fingerprint density at radius 1 is 1.32 bits per heavy atom. The Hall–Kier alpha value is -3.39. The van der Waals surface area contributed by atoms with Crippen molar-refractivity contribution in [1.82, 2.24) is 9.61 Å². The highest BCUT2D eigenvalue weighted by atomic mass is 16.4. The summed E-state index contributed by atoms with van der Waals surface area (Å²) in [6.07, 6.45) is 4.52. The predicted molar refractivity (Wildman–Crippen MR) is 109 cm³/mol. The van der Waals surface area contributed by atoms with E-state index in [0.717, 1.165) is 46.4 Å². The Bertz CT molecular complexity index is 1100. The summed E-state index contributed by atoms with van der Waals surface area (Å²) in [5.41, 5.74) is 6.47. The standard InChI is InChI=1S/C23H23N3O2/c1-4-17(9-12-21(27)28)22-15(3)25-26-19(5-2)10-11-20(26)23(22)18-8-6-7-16(13-18)14-24/h6-13,17H,4-5H2,1-3H3,(H,27,28)/b12-9+. The van der Waals surface area contributed by atoms with Crippen molar-refractivity contribution in [2.24, 2.45) is 0 Å². The molecule has 28 heavy (non-hydrogen) atoms. The number of nitrogens with zero attached hydrogens (tertiary/aromatic N) is 3. The number of fused-ring (bicyclic) bond motifs is 1. The Morgan fingerprint density at radius 3 is 2.75 bits per heavy atom. The second-order valence-electron chi connectivity index (χ2n) is 6.75. The van der Waals surface area contributed by atoms with Gasteiger partial charge in [0.05, 0.1) is 22.8 Å². The van der Waals surface area contributed by atoms with Crippen molar-refractivity contribution in [2.45, 2.75) is 39.5 Å². The van der Waals surface area contributed by atoms with E-state index < -0.39 is 5.97 Å². The number of nitriles is 1. The predicted octanol–water partition coefficient (Wildman–Crippen LogP) is 4.88. The largest absolute Gasteiger partial charge is 0.478 e. The molecule has 1 unspecified atom stereocenters. The van der Waals surface area contributed by atoms with Crippen LogP contribution in [0.3, 0.4) is 0 Å². The van der Waals surface area contributed by atoms with Crippen LogP contribution in [-0.2, 0) is 11.2 Å².